The molecule has 0 fully saturated rings. The van der Waals surface area contributed by atoms with E-state index in [1.807, 2.05) is 0 Å². The Labute approximate surface area is 113 Å². The lowest BCUT2D eigenvalue weighted by atomic mass is 10.4. The third kappa shape index (κ3) is 3.47. The van der Waals surface area contributed by atoms with Gasteiger partial charge in [0.25, 0.3) is 5.56 Å². The molecule has 0 atom stereocenters. The number of hydrogen-bond donors (Lipinski definition) is 1. The topological polar surface area (TPSA) is 85.2 Å². The predicted octanol–water partition coefficient (Wildman–Crippen LogP) is 1.75. The summed E-state index contributed by atoms with van der Waals surface area (Å²) in [6, 6.07) is 4.66. The van der Waals surface area contributed by atoms with Crippen LogP contribution in [0.3, 0.4) is 0 Å². The quantitative estimate of drug-likeness (QED) is 0.521. The van der Waals surface area contributed by atoms with Crippen molar-refractivity contribution >= 4 is 17.7 Å². The van der Waals surface area contributed by atoms with E-state index in [4.69, 9.17) is 4.42 Å². The minimum atomic E-state index is -0.515. The van der Waals surface area contributed by atoms with E-state index in [-0.39, 0.29) is 11.3 Å². The van der Waals surface area contributed by atoms with Gasteiger partial charge >= 0.3 is 5.97 Å². The first-order chi connectivity index (χ1) is 9.08. The zero-order valence-corrected chi connectivity index (χ0v) is 11.2. The highest BCUT2D eigenvalue weighted by atomic mass is 32.2. The molecule has 100 valence electrons. The number of aromatic amines is 1. The van der Waals surface area contributed by atoms with Gasteiger partial charge in [-0.3, -0.25) is 4.79 Å². The average Bonchev–Trinajstić information content (AvgIpc) is 2.83. The molecule has 2 heterocycles. The van der Waals surface area contributed by atoms with Gasteiger partial charge in [0.15, 0.2) is 5.16 Å². The van der Waals surface area contributed by atoms with E-state index in [9.17, 15) is 9.59 Å². The zero-order valence-electron chi connectivity index (χ0n) is 10.4. The van der Waals surface area contributed by atoms with Crippen molar-refractivity contribution in [3.05, 3.63) is 45.8 Å². The Kier molecular flexibility index (Phi) is 4.06. The van der Waals surface area contributed by atoms with Gasteiger partial charge in [0.05, 0.1) is 12.9 Å². The number of thioether (sulfide) groups is 1. The smallest absolute Gasteiger partial charge is 0.373 e. The normalized spacial score (nSPS) is 10.4. The zero-order chi connectivity index (χ0) is 13.8. The fraction of sp³-hybridized carbons (Fsp3) is 0.250. The molecule has 0 unspecified atom stereocenters. The van der Waals surface area contributed by atoms with Gasteiger partial charge < -0.3 is 14.1 Å². The number of methoxy groups -OCH3 is 1. The Morgan fingerprint density at radius 2 is 2.32 bits per heavy atom. The summed E-state index contributed by atoms with van der Waals surface area (Å²) in [5, 5.41) is 0.515. The Morgan fingerprint density at radius 3 is 3.00 bits per heavy atom. The molecule has 0 bridgehead atoms. The molecule has 2 aromatic heterocycles. The SMILES string of the molecule is COC(=O)c1ccc(CSc2nc(C)cc(=O)[nH]2)o1. The monoisotopic (exact) mass is 280 g/mol. The summed E-state index contributed by atoms with van der Waals surface area (Å²) in [6.07, 6.45) is 0. The van der Waals surface area contributed by atoms with Crippen LogP contribution in [0.25, 0.3) is 0 Å². The lowest BCUT2D eigenvalue weighted by molar-refractivity contribution is 0.0563. The lowest BCUT2D eigenvalue weighted by Gasteiger charge is -1.99. The maximum Gasteiger partial charge on any atom is 0.373 e. The molecular formula is C12H12N2O4S. The van der Waals surface area contributed by atoms with Crippen molar-refractivity contribution in [3.63, 3.8) is 0 Å². The molecule has 0 amide bonds. The summed E-state index contributed by atoms with van der Waals surface area (Å²) in [7, 11) is 1.29. The maximum absolute atomic E-state index is 11.3. The number of carbonyl (C=O) groups is 1. The van der Waals surface area contributed by atoms with E-state index in [1.165, 1.54) is 24.9 Å². The second-order valence-electron chi connectivity index (χ2n) is 3.74. The molecule has 2 rings (SSSR count). The molecule has 6 nitrogen and oxygen atoms in total. The number of esters is 1. The van der Waals surface area contributed by atoms with Crippen LogP contribution in [0.15, 0.2) is 32.6 Å². The molecule has 0 saturated heterocycles. The van der Waals surface area contributed by atoms with Crippen molar-refractivity contribution in [1.82, 2.24) is 9.97 Å². The summed E-state index contributed by atoms with van der Waals surface area (Å²) >= 11 is 1.32. The van der Waals surface area contributed by atoms with Crippen molar-refractivity contribution in [3.8, 4) is 0 Å². The molecule has 19 heavy (non-hydrogen) atoms. The third-order valence-electron chi connectivity index (χ3n) is 2.25. The number of hydrogen-bond acceptors (Lipinski definition) is 6. The van der Waals surface area contributed by atoms with Gasteiger partial charge in [0, 0.05) is 11.8 Å². The van der Waals surface area contributed by atoms with E-state index in [1.54, 1.807) is 19.1 Å². The molecule has 2 aromatic rings. The second kappa shape index (κ2) is 5.75. The highest BCUT2D eigenvalue weighted by Gasteiger charge is 2.11. The first kappa shape index (κ1) is 13.4. The molecule has 0 spiro atoms. The fourth-order valence-corrected chi connectivity index (χ4v) is 2.24. The number of aryl methyl sites for hydroxylation is 1. The van der Waals surface area contributed by atoms with Gasteiger partial charge in [-0.25, -0.2) is 9.78 Å². The number of rotatable bonds is 4. The van der Waals surface area contributed by atoms with E-state index >= 15 is 0 Å². The van der Waals surface area contributed by atoms with Gasteiger partial charge in [-0.05, 0) is 19.1 Å². The average molecular weight is 280 g/mol. The summed E-state index contributed by atoms with van der Waals surface area (Å²) in [5.74, 6) is 0.709. The Bertz CT molecular complexity index is 647. The standard InChI is InChI=1S/C12H12N2O4S/c1-7-5-10(15)14-12(13-7)19-6-8-3-4-9(18-8)11(16)17-2/h3-5H,6H2,1-2H3,(H,13,14,15). The first-order valence-corrected chi connectivity index (χ1v) is 6.45. The van der Waals surface area contributed by atoms with E-state index in [2.05, 4.69) is 14.7 Å². The predicted molar refractivity (Wildman–Crippen MR) is 69.2 cm³/mol. The number of ether oxygens (including phenoxy) is 1. The van der Waals surface area contributed by atoms with Crippen molar-refractivity contribution in [2.45, 2.75) is 17.8 Å². The summed E-state index contributed by atoms with van der Waals surface area (Å²) in [4.78, 5) is 29.3. The number of H-pyrrole nitrogens is 1. The summed E-state index contributed by atoms with van der Waals surface area (Å²) in [5.41, 5.74) is 0.464. The maximum atomic E-state index is 11.3. The van der Waals surface area contributed by atoms with Crippen LogP contribution in [0.4, 0.5) is 0 Å². The van der Waals surface area contributed by atoms with Crippen LogP contribution < -0.4 is 5.56 Å². The van der Waals surface area contributed by atoms with Crippen LogP contribution in [0.2, 0.25) is 0 Å². The molecule has 0 saturated carbocycles. The molecule has 0 aliphatic heterocycles. The van der Waals surface area contributed by atoms with Gasteiger partial charge in [0.1, 0.15) is 5.76 Å². The molecule has 7 heteroatoms. The number of carbonyl (C=O) groups excluding carboxylic acids is 1. The van der Waals surface area contributed by atoms with Crippen LogP contribution in [-0.2, 0) is 10.5 Å². The minimum absolute atomic E-state index is 0.156. The summed E-state index contributed by atoms with van der Waals surface area (Å²) < 4.78 is 9.85. The van der Waals surface area contributed by atoms with E-state index in [0.717, 1.165) is 0 Å². The molecule has 1 N–H and O–H groups in total. The third-order valence-corrected chi connectivity index (χ3v) is 3.14. The van der Waals surface area contributed by atoms with Gasteiger partial charge in [-0.2, -0.15) is 0 Å². The van der Waals surface area contributed by atoms with Crippen LogP contribution in [0.5, 0.6) is 0 Å². The van der Waals surface area contributed by atoms with Crippen LogP contribution in [-0.4, -0.2) is 23.0 Å². The molecule has 0 aromatic carbocycles. The second-order valence-corrected chi connectivity index (χ2v) is 4.70. The highest BCUT2D eigenvalue weighted by Crippen LogP contribution is 2.20. The number of furan rings is 1. The molecule has 0 radical (unpaired) electrons. The van der Waals surface area contributed by atoms with E-state index < -0.39 is 5.97 Å². The van der Waals surface area contributed by atoms with Crippen molar-refractivity contribution in [1.29, 1.82) is 0 Å². The summed E-state index contributed by atoms with van der Waals surface area (Å²) in [6.45, 7) is 1.75. The number of nitrogens with one attached hydrogen (secondary N) is 1. The Balaban J connectivity index is 2.04. The highest BCUT2D eigenvalue weighted by molar-refractivity contribution is 7.98. The van der Waals surface area contributed by atoms with Crippen LogP contribution >= 0.6 is 11.8 Å². The Hall–Kier alpha value is -2.02. The molecule has 0 aliphatic carbocycles. The van der Waals surface area contributed by atoms with Crippen LogP contribution in [0, 0.1) is 6.92 Å². The number of nitrogens with zero attached hydrogens (tertiary/aromatic N) is 1. The van der Waals surface area contributed by atoms with Gasteiger partial charge in [-0.1, -0.05) is 11.8 Å². The van der Waals surface area contributed by atoms with Gasteiger partial charge in [0.2, 0.25) is 5.76 Å². The Morgan fingerprint density at radius 1 is 1.53 bits per heavy atom. The first-order valence-electron chi connectivity index (χ1n) is 5.46. The number of aromatic nitrogens is 2. The van der Waals surface area contributed by atoms with Crippen LogP contribution in [0.1, 0.15) is 22.0 Å². The molecule has 0 aliphatic rings. The lowest BCUT2D eigenvalue weighted by Crippen LogP contribution is -2.07. The van der Waals surface area contributed by atoms with Crippen molar-refractivity contribution in [2.24, 2.45) is 0 Å². The van der Waals surface area contributed by atoms with Crippen molar-refractivity contribution < 1.29 is 13.9 Å². The fourth-order valence-electron chi connectivity index (χ4n) is 1.43. The largest absolute Gasteiger partial charge is 0.463 e. The molecular weight excluding hydrogens is 268 g/mol. The van der Waals surface area contributed by atoms with E-state index in [0.29, 0.717) is 22.4 Å². The van der Waals surface area contributed by atoms with Crippen molar-refractivity contribution in [2.75, 3.05) is 7.11 Å². The minimum Gasteiger partial charge on any atom is -0.463 e. The van der Waals surface area contributed by atoms with Gasteiger partial charge in [-0.15, -0.1) is 0 Å².